The molecule has 1 amide bonds. The number of carbonyl (C=O) groups excluding carboxylic acids is 1. The first kappa shape index (κ1) is 20.4. The average molecular weight is 450 g/mol. The minimum atomic E-state index is -0.0709. The normalized spacial score (nSPS) is 12.5. The lowest BCUT2D eigenvalue weighted by Gasteiger charge is -2.11. The number of thiazole rings is 1. The summed E-state index contributed by atoms with van der Waals surface area (Å²) < 4.78 is 12.6. The van der Waals surface area contributed by atoms with Crippen LogP contribution in [0.4, 0.5) is 5.13 Å². The molecule has 164 valence electrons. The third kappa shape index (κ3) is 3.58. The number of benzene rings is 1. The number of fused-ring (bicyclic) bond motifs is 2. The highest BCUT2D eigenvalue weighted by atomic mass is 32.1. The Morgan fingerprint density at radius 3 is 2.81 bits per heavy atom. The van der Waals surface area contributed by atoms with Gasteiger partial charge in [0.15, 0.2) is 22.3 Å². The van der Waals surface area contributed by atoms with Gasteiger partial charge in [-0.2, -0.15) is 5.10 Å². The summed E-state index contributed by atoms with van der Waals surface area (Å²) in [5, 5.41) is 11.0. The second kappa shape index (κ2) is 7.90. The standard InChI is InChI=1S/C23H23N5O3S/c1-12-16(13(2)24-22-21(12)14(3)27-28(22)4)6-8-20(29)26-23-25-17(10-32-23)15-5-7-18-19(9-15)31-11-30-18/h5,7,9-10H,6,8,11H2,1-4H3,(H,25,26,29). The van der Waals surface area contributed by atoms with Crippen LogP contribution in [0.3, 0.4) is 0 Å². The number of ether oxygens (including phenoxy) is 2. The zero-order chi connectivity index (χ0) is 22.4. The van der Waals surface area contributed by atoms with E-state index in [4.69, 9.17) is 14.5 Å². The Balaban J connectivity index is 1.28. The van der Waals surface area contributed by atoms with E-state index in [1.807, 2.05) is 44.5 Å². The van der Waals surface area contributed by atoms with Gasteiger partial charge in [-0.25, -0.2) is 9.97 Å². The van der Waals surface area contributed by atoms with Gasteiger partial charge < -0.3 is 14.8 Å². The number of aromatic nitrogens is 4. The maximum Gasteiger partial charge on any atom is 0.231 e. The summed E-state index contributed by atoms with van der Waals surface area (Å²) in [6.45, 7) is 6.29. The predicted molar refractivity (Wildman–Crippen MR) is 123 cm³/mol. The molecule has 0 saturated carbocycles. The first-order valence-electron chi connectivity index (χ1n) is 10.4. The molecule has 32 heavy (non-hydrogen) atoms. The Morgan fingerprint density at radius 1 is 1.16 bits per heavy atom. The van der Waals surface area contributed by atoms with E-state index in [9.17, 15) is 4.79 Å². The monoisotopic (exact) mass is 449 g/mol. The van der Waals surface area contributed by atoms with Crippen molar-refractivity contribution in [3.8, 4) is 22.8 Å². The van der Waals surface area contributed by atoms with Crippen molar-refractivity contribution in [3.63, 3.8) is 0 Å². The van der Waals surface area contributed by atoms with Gasteiger partial charge in [-0.3, -0.25) is 9.48 Å². The van der Waals surface area contributed by atoms with Crippen LogP contribution in [-0.2, 0) is 18.3 Å². The van der Waals surface area contributed by atoms with Crippen molar-refractivity contribution in [1.29, 1.82) is 0 Å². The number of amides is 1. The zero-order valence-electron chi connectivity index (χ0n) is 18.4. The van der Waals surface area contributed by atoms with E-state index in [0.29, 0.717) is 23.7 Å². The number of carbonyl (C=O) groups is 1. The van der Waals surface area contributed by atoms with Crippen LogP contribution in [0.5, 0.6) is 11.5 Å². The zero-order valence-corrected chi connectivity index (χ0v) is 19.2. The van der Waals surface area contributed by atoms with Crippen molar-refractivity contribution in [2.75, 3.05) is 12.1 Å². The van der Waals surface area contributed by atoms with Crippen molar-refractivity contribution in [2.45, 2.75) is 33.6 Å². The molecule has 0 unspecified atom stereocenters. The van der Waals surface area contributed by atoms with Crippen molar-refractivity contribution < 1.29 is 14.3 Å². The maximum absolute atomic E-state index is 12.6. The van der Waals surface area contributed by atoms with Crippen LogP contribution in [0.1, 0.15) is 28.9 Å². The number of nitrogens with one attached hydrogen (secondary N) is 1. The quantitative estimate of drug-likeness (QED) is 0.488. The molecular weight excluding hydrogens is 426 g/mol. The maximum atomic E-state index is 12.6. The number of pyridine rings is 1. The summed E-state index contributed by atoms with van der Waals surface area (Å²) in [7, 11) is 1.90. The molecular formula is C23H23N5O3S. The molecule has 1 aliphatic heterocycles. The van der Waals surface area contributed by atoms with Crippen molar-refractivity contribution in [1.82, 2.24) is 19.7 Å². The number of rotatable bonds is 5. The van der Waals surface area contributed by atoms with Gasteiger partial charge in [0.25, 0.3) is 0 Å². The molecule has 0 bridgehead atoms. The number of hydrogen-bond acceptors (Lipinski definition) is 7. The van der Waals surface area contributed by atoms with Gasteiger partial charge in [0.05, 0.1) is 11.4 Å². The third-order valence-electron chi connectivity index (χ3n) is 5.75. The fourth-order valence-electron chi connectivity index (χ4n) is 4.17. The van der Waals surface area contributed by atoms with E-state index in [1.54, 1.807) is 4.68 Å². The van der Waals surface area contributed by atoms with Gasteiger partial charge in [0.2, 0.25) is 12.7 Å². The molecule has 4 heterocycles. The van der Waals surface area contributed by atoms with E-state index in [-0.39, 0.29) is 12.7 Å². The predicted octanol–water partition coefficient (Wildman–Crippen LogP) is 4.32. The van der Waals surface area contributed by atoms with Crippen LogP contribution in [0, 0.1) is 20.8 Å². The van der Waals surface area contributed by atoms with Gasteiger partial charge in [-0.15, -0.1) is 11.3 Å². The van der Waals surface area contributed by atoms with Gasteiger partial charge in [-0.05, 0) is 56.5 Å². The molecule has 8 nitrogen and oxygen atoms in total. The summed E-state index contributed by atoms with van der Waals surface area (Å²) in [6, 6.07) is 5.70. The van der Waals surface area contributed by atoms with Crippen LogP contribution < -0.4 is 14.8 Å². The lowest BCUT2D eigenvalue weighted by atomic mass is 9.99. The smallest absolute Gasteiger partial charge is 0.231 e. The highest BCUT2D eigenvalue weighted by Crippen LogP contribution is 2.36. The van der Waals surface area contributed by atoms with Gasteiger partial charge >= 0.3 is 0 Å². The highest BCUT2D eigenvalue weighted by molar-refractivity contribution is 7.14. The second-order valence-corrected chi connectivity index (χ2v) is 8.72. The van der Waals surface area contributed by atoms with E-state index in [1.165, 1.54) is 11.3 Å². The molecule has 0 spiro atoms. The molecule has 0 radical (unpaired) electrons. The fourth-order valence-corrected chi connectivity index (χ4v) is 4.91. The Kier molecular flexibility index (Phi) is 5.05. The van der Waals surface area contributed by atoms with Crippen LogP contribution in [0.15, 0.2) is 23.6 Å². The first-order valence-corrected chi connectivity index (χ1v) is 11.2. The van der Waals surface area contributed by atoms with E-state index < -0.39 is 0 Å². The largest absolute Gasteiger partial charge is 0.454 e. The van der Waals surface area contributed by atoms with E-state index >= 15 is 0 Å². The van der Waals surface area contributed by atoms with E-state index in [0.717, 1.165) is 50.6 Å². The Morgan fingerprint density at radius 2 is 1.97 bits per heavy atom. The number of nitrogens with zero attached hydrogens (tertiary/aromatic N) is 4. The molecule has 0 aliphatic carbocycles. The summed E-state index contributed by atoms with van der Waals surface area (Å²) in [6.07, 6.45) is 0.967. The topological polar surface area (TPSA) is 91.2 Å². The summed E-state index contributed by atoms with van der Waals surface area (Å²) >= 11 is 1.40. The van der Waals surface area contributed by atoms with Crippen LogP contribution in [0.2, 0.25) is 0 Å². The lowest BCUT2D eigenvalue weighted by molar-refractivity contribution is -0.116. The first-order chi connectivity index (χ1) is 15.4. The Bertz CT molecular complexity index is 1360. The molecule has 1 N–H and O–H groups in total. The minimum Gasteiger partial charge on any atom is -0.454 e. The van der Waals surface area contributed by atoms with Crippen LogP contribution >= 0.6 is 11.3 Å². The molecule has 4 aromatic rings. The second-order valence-electron chi connectivity index (χ2n) is 7.86. The summed E-state index contributed by atoms with van der Waals surface area (Å²) in [5.74, 6) is 1.37. The summed E-state index contributed by atoms with van der Waals surface area (Å²) in [5.41, 5.74) is 6.72. The minimum absolute atomic E-state index is 0.0709. The lowest BCUT2D eigenvalue weighted by Crippen LogP contribution is -2.13. The SMILES string of the molecule is Cc1nc2c(c(C)nn2C)c(C)c1CCC(=O)Nc1nc(-c2ccc3c(c2)OCO3)cs1. The molecule has 0 saturated heterocycles. The fraction of sp³-hybridized carbons (Fsp3) is 0.304. The number of hydrogen-bond donors (Lipinski definition) is 1. The van der Waals surface area contributed by atoms with Gasteiger partial charge in [0.1, 0.15) is 0 Å². The molecule has 9 heteroatoms. The van der Waals surface area contributed by atoms with Crippen LogP contribution in [-0.4, -0.2) is 32.4 Å². The summed E-state index contributed by atoms with van der Waals surface area (Å²) in [4.78, 5) is 21.9. The van der Waals surface area contributed by atoms with Crippen molar-refractivity contribution in [2.24, 2.45) is 7.05 Å². The van der Waals surface area contributed by atoms with Crippen LogP contribution in [0.25, 0.3) is 22.3 Å². The molecule has 0 fully saturated rings. The molecule has 0 atom stereocenters. The van der Waals surface area contributed by atoms with Crippen molar-refractivity contribution >= 4 is 33.4 Å². The third-order valence-corrected chi connectivity index (χ3v) is 6.51. The molecule has 3 aromatic heterocycles. The number of anilines is 1. The van der Waals surface area contributed by atoms with Crippen molar-refractivity contribution in [3.05, 3.63) is 46.1 Å². The molecule has 5 rings (SSSR count). The number of aryl methyl sites for hydroxylation is 4. The highest BCUT2D eigenvalue weighted by Gasteiger charge is 2.18. The van der Waals surface area contributed by atoms with Gasteiger partial charge in [-0.1, -0.05) is 0 Å². The van der Waals surface area contributed by atoms with Gasteiger partial charge in [0, 0.05) is 35.5 Å². The Hall–Kier alpha value is -3.46. The molecule has 1 aliphatic rings. The molecule has 1 aromatic carbocycles. The Labute approximate surface area is 189 Å². The van der Waals surface area contributed by atoms with E-state index in [2.05, 4.69) is 22.3 Å². The average Bonchev–Trinajstić information content (AvgIpc) is 3.47.